The topological polar surface area (TPSA) is 47.4 Å². The van der Waals surface area contributed by atoms with Crippen molar-refractivity contribution in [1.29, 1.82) is 0 Å². The minimum atomic E-state index is 0.107. The van der Waals surface area contributed by atoms with Crippen molar-refractivity contribution >= 4 is 11.6 Å². The van der Waals surface area contributed by atoms with Gasteiger partial charge in [-0.15, -0.1) is 0 Å². The maximum Gasteiger partial charge on any atom is 0.236 e. The van der Waals surface area contributed by atoms with Gasteiger partial charge in [-0.2, -0.15) is 5.10 Å². The van der Waals surface area contributed by atoms with E-state index < -0.39 is 0 Å². The van der Waals surface area contributed by atoms with Gasteiger partial charge in [0.2, 0.25) is 11.8 Å². The lowest BCUT2D eigenvalue weighted by atomic mass is 9.93. The average molecular weight is 261 g/mol. The molecule has 3 rings (SSSR count). The van der Waals surface area contributed by atoms with Crippen LogP contribution < -0.4 is 9.64 Å². The number of aromatic nitrogens is 2. The Morgan fingerprint density at radius 1 is 1.47 bits per heavy atom. The smallest absolute Gasteiger partial charge is 0.236 e. The number of nitrogens with zero attached hydrogens (tertiary/aromatic N) is 3. The van der Waals surface area contributed by atoms with Crippen LogP contribution in [-0.2, 0) is 11.8 Å². The first-order chi connectivity index (χ1) is 9.18. The van der Waals surface area contributed by atoms with Crippen LogP contribution in [0.1, 0.15) is 25.0 Å². The molecule has 0 saturated heterocycles. The van der Waals surface area contributed by atoms with Gasteiger partial charge in [0, 0.05) is 13.0 Å². The molecule has 0 fully saturated rings. The molecule has 1 aliphatic carbocycles. The van der Waals surface area contributed by atoms with E-state index in [1.165, 1.54) is 0 Å². The van der Waals surface area contributed by atoms with Crippen molar-refractivity contribution in [3.8, 4) is 5.88 Å². The number of ether oxygens (including phenoxy) is 1. The summed E-state index contributed by atoms with van der Waals surface area (Å²) in [4.78, 5) is 14.5. The van der Waals surface area contributed by atoms with Crippen LogP contribution in [0.3, 0.4) is 0 Å². The van der Waals surface area contributed by atoms with E-state index in [1.807, 2.05) is 18.9 Å². The van der Waals surface area contributed by atoms with Gasteiger partial charge in [-0.1, -0.05) is 12.2 Å². The zero-order valence-corrected chi connectivity index (χ0v) is 11.4. The number of carbonyl (C=O) groups excluding carboxylic acids is 1. The summed E-state index contributed by atoms with van der Waals surface area (Å²) in [7, 11) is 1.85. The van der Waals surface area contributed by atoms with Gasteiger partial charge in [0.25, 0.3) is 0 Å². The van der Waals surface area contributed by atoms with Crippen molar-refractivity contribution in [1.82, 2.24) is 9.78 Å². The molecule has 0 aromatic carbocycles. The molecule has 1 aliphatic heterocycles. The Morgan fingerprint density at radius 2 is 2.32 bits per heavy atom. The van der Waals surface area contributed by atoms with E-state index in [-0.39, 0.29) is 11.8 Å². The minimum absolute atomic E-state index is 0.107. The highest BCUT2D eigenvalue weighted by Crippen LogP contribution is 2.36. The highest BCUT2D eigenvalue weighted by molar-refractivity contribution is 5.97. The number of allylic oxidation sites excluding steroid dienone is 2. The van der Waals surface area contributed by atoms with Crippen LogP contribution in [0.2, 0.25) is 0 Å². The van der Waals surface area contributed by atoms with E-state index in [9.17, 15) is 4.79 Å². The monoisotopic (exact) mass is 261 g/mol. The molecule has 1 amide bonds. The normalized spacial score (nSPS) is 22.0. The first-order valence-corrected chi connectivity index (χ1v) is 6.81. The largest absolute Gasteiger partial charge is 0.474 e. The van der Waals surface area contributed by atoms with Gasteiger partial charge in [-0.05, 0) is 26.2 Å². The van der Waals surface area contributed by atoms with E-state index in [4.69, 9.17) is 4.74 Å². The molecule has 19 heavy (non-hydrogen) atoms. The van der Waals surface area contributed by atoms with E-state index in [1.54, 1.807) is 4.68 Å². The van der Waals surface area contributed by atoms with Gasteiger partial charge in [-0.25, -0.2) is 4.68 Å². The van der Waals surface area contributed by atoms with Crippen LogP contribution in [0.4, 0.5) is 5.69 Å². The Kier molecular flexibility index (Phi) is 3.05. The Labute approximate surface area is 112 Å². The minimum Gasteiger partial charge on any atom is -0.474 e. The van der Waals surface area contributed by atoms with Gasteiger partial charge < -0.3 is 9.64 Å². The molecule has 1 aromatic rings. The van der Waals surface area contributed by atoms with Crippen molar-refractivity contribution in [3.63, 3.8) is 0 Å². The Hall–Kier alpha value is -1.78. The van der Waals surface area contributed by atoms with Gasteiger partial charge >= 0.3 is 0 Å². The summed E-state index contributed by atoms with van der Waals surface area (Å²) in [6, 6.07) is 0. The third kappa shape index (κ3) is 2.03. The SMILES string of the molecule is Cc1nn(C)c2c1N(C(=O)C1CC=CCC1)CCO2. The molecule has 102 valence electrons. The molecular formula is C14H19N3O2. The molecule has 1 aromatic heterocycles. The molecular weight excluding hydrogens is 242 g/mol. The quantitative estimate of drug-likeness (QED) is 0.724. The summed E-state index contributed by atoms with van der Waals surface area (Å²) < 4.78 is 7.35. The molecule has 0 N–H and O–H groups in total. The van der Waals surface area contributed by atoms with E-state index in [2.05, 4.69) is 17.3 Å². The third-order valence-electron chi connectivity index (χ3n) is 3.85. The Morgan fingerprint density at radius 3 is 3.05 bits per heavy atom. The summed E-state index contributed by atoms with van der Waals surface area (Å²) in [5, 5.41) is 4.35. The predicted octanol–water partition coefficient (Wildman–Crippen LogP) is 1.81. The van der Waals surface area contributed by atoms with Gasteiger partial charge in [0.05, 0.1) is 12.2 Å². The van der Waals surface area contributed by atoms with Crippen molar-refractivity contribution in [2.45, 2.75) is 26.2 Å². The van der Waals surface area contributed by atoms with Crippen molar-refractivity contribution in [2.75, 3.05) is 18.1 Å². The zero-order valence-electron chi connectivity index (χ0n) is 11.4. The fourth-order valence-electron chi connectivity index (χ4n) is 2.90. The lowest BCUT2D eigenvalue weighted by Crippen LogP contribution is -2.42. The highest BCUT2D eigenvalue weighted by atomic mass is 16.5. The number of amides is 1. The van der Waals surface area contributed by atoms with Crippen molar-refractivity contribution < 1.29 is 9.53 Å². The summed E-state index contributed by atoms with van der Waals surface area (Å²) in [5.74, 6) is 1.03. The summed E-state index contributed by atoms with van der Waals surface area (Å²) in [5.41, 5.74) is 1.71. The van der Waals surface area contributed by atoms with Gasteiger partial charge in [0.15, 0.2) is 0 Å². The molecule has 1 unspecified atom stereocenters. The molecule has 5 heteroatoms. The highest BCUT2D eigenvalue weighted by Gasteiger charge is 2.33. The number of anilines is 1. The van der Waals surface area contributed by atoms with Crippen molar-refractivity contribution in [3.05, 3.63) is 17.8 Å². The predicted molar refractivity (Wildman–Crippen MR) is 72.3 cm³/mol. The Balaban J connectivity index is 1.90. The molecule has 5 nitrogen and oxygen atoms in total. The van der Waals surface area contributed by atoms with E-state index >= 15 is 0 Å². The first kappa shape index (κ1) is 12.3. The average Bonchev–Trinajstić information content (AvgIpc) is 2.74. The molecule has 2 aliphatic rings. The molecule has 0 radical (unpaired) electrons. The standard InChI is InChI=1S/C14H19N3O2/c1-10-12-14(16(2)15-10)19-9-8-17(12)13(18)11-6-4-3-5-7-11/h3-4,11H,5-9H2,1-2H3. The van der Waals surface area contributed by atoms with Crippen LogP contribution in [0.5, 0.6) is 5.88 Å². The van der Waals surface area contributed by atoms with Crippen LogP contribution in [0.25, 0.3) is 0 Å². The molecule has 2 heterocycles. The number of carbonyl (C=O) groups is 1. The fourth-order valence-corrected chi connectivity index (χ4v) is 2.90. The van der Waals surface area contributed by atoms with Gasteiger partial charge in [-0.3, -0.25) is 4.79 Å². The fraction of sp³-hybridized carbons (Fsp3) is 0.571. The second-order valence-electron chi connectivity index (χ2n) is 5.18. The van der Waals surface area contributed by atoms with Crippen LogP contribution >= 0.6 is 0 Å². The van der Waals surface area contributed by atoms with Gasteiger partial charge in [0.1, 0.15) is 12.3 Å². The maximum atomic E-state index is 12.7. The lowest BCUT2D eigenvalue weighted by Gasteiger charge is -2.31. The molecule has 0 spiro atoms. The van der Waals surface area contributed by atoms with Crippen molar-refractivity contribution in [2.24, 2.45) is 13.0 Å². The summed E-state index contributed by atoms with van der Waals surface area (Å²) >= 11 is 0. The second kappa shape index (κ2) is 4.72. The number of hydrogen-bond acceptors (Lipinski definition) is 3. The first-order valence-electron chi connectivity index (χ1n) is 6.81. The molecule has 1 atom stereocenters. The lowest BCUT2D eigenvalue weighted by molar-refractivity contribution is -0.122. The summed E-state index contributed by atoms with van der Waals surface area (Å²) in [6.45, 7) is 3.09. The second-order valence-corrected chi connectivity index (χ2v) is 5.18. The third-order valence-corrected chi connectivity index (χ3v) is 3.85. The summed E-state index contributed by atoms with van der Waals surface area (Å²) in [6.07, 6.45) is 7.07. The number of rotatable bonds is 1. The van der Waals surface area contributed by atoms with Crippen LogP contribution in [0, 0.1) is 12.8 Å². The van der Waals surface area contributed by atoms with E-state index in [0.29, 0.717) is 19.0 Å². The molecule has 0 saturated carbocycles. The number of hydrogen-bond donors (Lipinski definition) is 0. The van der Waals surface area contributed by atoms with Crippen LogP contribution in [0.15, 0.2) is 12.2 Å². The number of aryl methyl sites for hydroxylation is 2. The molecule has 0 bridgehead atoms. The van der Waals surface area contributed by atoms with Crippen LogP contribution in [-0.4, -0.2) is 28.8 Å². The van der Waals surface area contributed by atoms with E-state index in [0.717, 1.165) is 30.6 Å². The zero-order chi connectivity index (χ0) is 13.4. The number of fused-ring (bicyclic) bond motifs is 1. The Bertz CT molecular complexity index is 533. The maximum absolute atomic E-state index is 12.7.